The van der Waals surface area contributed by atoms with Crippen LogP contribution in [0.4, 0.5) is 10.5 Å². The maximum absolute atomic E-state index is 12.0. The van der Waals surface area contributed by atoms with E-state index < -0.39 is 5.97 Å². The molecule has 1 aliphatic rings. The zero-order chi connectivity index (χ0) is 15.2. The number of hydrogen-bond donors (Lipinski definition) is 3. The quantitative estimate of drug-likeness (QED) is 0.780. The highest BCUT2D eigenvalue weighted by Crippen LogP contribution is 2.29. The first-order valence-corrected chi connectivity index (χ1v) is 8.16. The second kappa shape index (κ2) is 7.36. The van der Waals surface area contributed by atoms with Gasteiger partial charge in [0.2, 0.25) is 0 Å². The van der Waals surface area contributed by atoms with Crippen LogP contribution in [-0.2, 0) is 0 Å². The van der Waals surface area contributed by atoms with Crippen molar-refractivity contribution in [2.75, 3.05) is 11.1 Å². The summed E-state index contributed by atoms with van der Waals surface area (Å²) in [6, 6.07) is 6.23. The maximum Gasteiger partial charge on any atom is 0.337 e. The molecule has 0 heterocycles. The Balaban J connectivity index is 1.90. The summed E-state index contributed by atoms with van der Waals surface area (Å²) >= 11 is 1.93. The number of nitrogens with one attached hydrogen (secondary N) is 2. The van der Waals surface area contributed by atoms with Crippen molar-refractivity contribution < 1.29 is 14.7 Å². The molecule has 0 radical (unpaired) electrons. The van der Waals surface area contributed by atoms with E-state index in [1.54, 1.807) is 18.2 Å². The molecule has 6 heteroatoms. The van der Waals surface area contributed by atoms with E-state index in [2.05, 4.69) is 17.6 Å². The van der Waals surface area contributed by atoms with Gasteiger partial charge < -0.3 is 15.7 Å². The van der Waals surface area contributed by atoms with Crippen LogP contribution in [0.15, 0.2) is 24.3 Å². The molecule has 0 bridgehead atoms. The van der Waals surface area contributed by atoms with Gasteiger partial charge in [-0.25, -0.2) is 9.59 Å². The number of hydrogen-bond acceptors (Lipinski definition) is 3. The van der Waals surface area contributed by atoms with Crippen molar-refractivity contribution in [1.29, 1.82) is 0 Å². The van der Waals surface area contributed by atoms with Crippen LogP contribution in [-0.4, -0.2) is 34.2 Å². The van der Waals surface area contributed by atoms with Crippen LogP contribution < -0.4 is 10.6 Å². The van der Waals surface area contributed by atoms with E-state index in [0.717, 1.165) is 25.0 Å². The van der Waals surface area contributed by atoms with Gasteiger partial charge in [-0.1, -0.05) is 19.1 Å². The number of urea groups is 1. The van der Waals surface area contributed by atoms with Gasteiger partial charge in [-0.15, -0.1) is 0 Å². The van der Waals surface area contributed by atoms with E-state index in [1.165, 1.54) is 6.07 Å². The molecule has 1 saturated carbocycles. The summed E-state index contributed by atoms with van der Waals surface area (Å²) in [5, 5.41) is 15.3. The Bertz CT molecular complexity index is 521. The van der Waals surface area contributed by atoms with Crippen molar-refractivity contribution in [2.24, 2.45) is 0 Å². The first-order chi connectivity index (χ1) is 10.1. The van der Waals surface area contributed by atoms with E-state index in [-0.39, 0.29) is 17.6 Å². The number of carboxylic acids is 1. The average Bonchev–Trinajstić information content (AvgIpc) is 2.86. The van der Waals surface area contributed by atoms with Crippen LogP contribution in [0, 0.1) is 0 Å². The first kappa shape index (κ1) is 15.7. The van der Waals surface area contributed by atoms with E-state index in [1.807, 2.05) is 11.8 Å². The third-order valence-electron chi connectivity index (χ3n) is 3.53. The van der Waals surface area contributed by atoms with Crippen LogP contribution in [0.3, 0.4) is 0 Å². The largest absolute Gasteiger partial charge is 0.478 e. The van der Waals surface area contributed by atoms with Crippen molar-refractivity contribution in [3.63, 3.8) is 0 Å². The lowest BCUT2D eigenvalue weighted by atomic mass is 10.2. The molecule has 5 nitrogen and oxygen atoms in total. The smallest absolute Gasteiger partial charge is 0.337 e. The second-order valence-electron chi connectivity index (χ2n) is 5.04. The van der Waals surface area contributed by atoms with Crippen molar-refractivity contribution >= 4 is 29.4 Å². The molecule has 0 spiro atoms. The van der Waals surface area contributed by atoms with Crippen LogP contribution in [0.1, 0.15) is 36.5 Å². The number of anilines is 1. The fourth-order valence-electron chi connectivity index (χ4n) is 2.58. The number of carboxylic acid groups (broad SMARTS) is 1. The molecule has 1 aliphatic carbocycles. The Morgan fingerprint density at radius 3 is 2.81 bits per heavy atom. The number of aromatic carboxylic acids is 1. The molecule has 0 aliphatic heterocycles. The average molecular weight is 308 g/mol. The molecular formula is C15H20N2O3S. The Labute approximate surface area is 128 Å². The molecule has 0 aromatic heterocycles. The monoisotopic (exact) mass is 308 g/mol. The fourth-order valence-corrected chi connectivity index (χ4v) is 3.72. The van der Waals surface area contributed by atoms with Gasteiger partial charge >= 0.3 is 12.0 Å². The number of thioether (sulfide) groups is 1. The fraction of sp³-hybridized carbons (Fsp3) is 0.467. The summed E-state index contributed by atoms with van der Waals surface area (Å²) < 4.78 is 0. The predicted octanol–water partition coefficient (Wildman–Crippen LogP) is 3.18. The van der Waals surface area contributed by atoms with Crippen LogP contribution in [0.25, 0.3) is 0 Å². The van der Waals surface area contributed by atoms with Crippen LogP contribution in [0.5, 0.6) is 0 Å². The number of amides is 2. The number of benzene rings is 1. The van der Waals surface area contributed by atoms with E-state index in [4.69, 9.17) is 5.11 Å². The maximum atomic E-state index is 12.0. The summed E-state index contributed by atoms with van der Waals surface area (Å²) in [5.74, 6) is 0.0430. The van der Waals surface area contributed by atoms with Gasteiger partial charge in [0.15, 0.2) is 0 Å². The Kier molecular flexibility index (Phi) is 5.50. The normalized spacial score (nSPS) is 21.0. The minimum Gasteiger partial charge on any atom is -0.478 e. The first-order valence-electron chi connectivity index (χ1n) is 7.11. The van der Waals surface area contributed by atoms with E-state index in [0.29, 0.717) is 10.9 Å². The summed E-state index contributed by atoms with van der Waals surface area (Å²) in [4.78, 5) is 23.1. The number of rotatable bonds is 5. The Hall–Kier alpha value is -1.69. The standard InChI is InChI=1S/C15H20N2O3S/c1-2-21-11-8-7-10(9-11)16-15(20)17-13-6-4-3-5-12(13)14(18)19/h3-6,10-11H,2,7-9H2,1H3,(H,18,19)(H2,16,17,20). The van der Waals surface area contributed by atoms with Gasteiger partial charge in [0, 0.05) is 11.3 Å². The molecule has 2 amide bonds. The Morgan fingerprint density at radius 2 is 2.10 bits per heavy atom. The highest BCUT2D eigenvalue weighted by molar-refractivity contribution is 7.99. The van der Waals surface area contributed by atoms with Gasteiger partial charge in [-0.3, -0.25) is 0 Å². The molecular weight excluding hydrogens is 288 g/mol. The lowest BCUT2D eigenvalue weighted by Gasteiger charge is -2.15. The summed E-state index contributed by atoms with van der Waals surface area (Å²) in [5.41, 5.74) is 0.415. The van der Waals surface area contributed by atoms with Crippen LogP contribution in [0.2, 0.25) is 0 Å². The molecule has 1 aromatic rings. The lowest BCUT2D eigenvalue weighted by Crippen LogP contribution is -2.36. The molecule has 2 rings (SSSR count). The lowest BCUT2D eigenvalue weighted by molar-refractivity contribution is 0.0698. The second-order valence-corrected chi connectivity index (χ2v) is 6.61. The molecule has 3 N–H and O–H groups in total. The van der Waals surface area contributed by atoms with Crippen molar-refractivity contribution in [3.05, 3.63) is 29.8 Å². The molecule has 1 fully saturated rings. The topological polar surface area (TPSA) is 78.4 Å². The van der Waals surface area contributed by atoms with Gasteiger partial charge in [0.25, 0.3) is 0 Å². The highest BCUT2D eigenvalue weighted by Gasteiger charge is 2.25. The molecule has 21 heavy (non-hydrogen) atoms. The van der Waals surface area contributed by atoms with Crippen molar-refractivity contribution in [1.82, 2.24) is 5.32 Å². The molecule has 114 valence electrons. The molecule has 0 saturated heterocycles. The van der Waals surface area contributed by atoms with Gasteiger partial charge in [0.05, 0.1) is 11.3 Å². The van der Waals surface area contributed by atoms with Gasteiger partial charge in [-0.2, -0.15) is 11.8 Å². The number of carbonyl (C=O) groups excluding carboxylic acids is 1. The SMILES string of the molecule is CCSC1CCC(NC(=O)Nc2ccccc2C(=O)O)C1. The Morgan fingerprint density at radius 1 is 1.33 bits per heavy atom. The number of carbonyl (C=O) groups is 2. The molecule has 2 unspecified atom stereocenters. The zero-order valence-corrected chi connectivity index (χ0v) is 12.8. The zero-order valence-electron chi connectivity index (χ0n) is 12.0. The van der Waals surface area contributed by atoms with Crippen LogP contribution >= 0.6 is 11.8 Å². The van der Waals surface area contributed by atoms with E-state index >= 15 is 0 Å². The third kappa shape index (κ3) is 4.39. The predicted molar refractivity (Wildman–Crippen MR) is 85.1 cm³/mol. The summed E-state index contributed by atoms with van der Waals surface area (Å²) in [6.45, 7) is 2.14. The highest BCUT2D eigenvalue weighted by atomic mass is 32.2. The minimum absolute atomic E-state index is 0.0958. The minimum atomic E-state index is -1.05. The summed E-state index contributed by atoms with van der Waals surface area (Å²) in [6.07, 6.45) is 3.08. The van der Waals surface area contributed by atoms with E-state index in [9.17, 15) is 9.59 Å². The van der Waals surface area contributed by atoms with Gasteiger partial charge in [-0.05, 0) is 37.1 Å². The van der Waals surface area contributed by atoms with Gasteiger partial charge in [0.1, 0.15) is 0 Å². The van der Waals surface area contributed by atoms with Crippen molar-refractivity contribution in [3.8, 4) is 0 Å². The summed E-state index contributed by atoms with van der Waals surface area (Å²) in [7, 11) is 0. The third-order valence-corrected chi connectivity index (χ3v) is 4.76. The van der Waals surface area contributed by atoms with Crippen molar-refractivity contribution in [2.45, 2.75) is 37.5 Å². The molecule has 1 aromatic carbocycles. The number of para-hydroxylation sites is 1. The molecule has 2 atom stereocenters.